The van der Waals surface area contributed by atoms with Crippen LogP contribution < -0.4 is 29.1 Å². The van der Waals surface area contributed by atoms with E-state index in [0.717, 1.165) is 231 Å². The molecular weight excluding hydrogens is 1820 g/mol. The molecule has 4 atom stereocenters. The summed E-state index contributed by atoms with van der Waals surface area (Å²) in [5.74, 6) is -0.318. The molecule has 9 fully saturated rings. The first kappa shape index (κ1) is 99.7. The zero-order valence-corrected chi connectivity index (χ0v) is 82.0. The number of carboxylic acids is 1. The Morgan fingerprint density at radius 2 is 1.01 bits per heavy atom. The highest BCUT2D eigenvalue weighted by Gasteiger charge is 2.42. The molecule has 4 bridgehead atoms. The molecular formula is C100H127BF4N16O15S2. The number of carbonyl (C=O) groups is 4. The van der Waals surface area contributed by atoms with Gasteiger partial charge in [-0.2, -0.15) is 10.2 Å². The summed E-state index contributed by atoms with van der Waals surface area (Å²) in [5.41, 5.74) is 16.3. The quantitative estimate of drug-likeness (QED) is 0.0216. The molecule has 740 valence electrons. The smallest absolute Gasteiger partial charge is 0.497 e. The van der Waals surface area contributed by atoms with Gasteiger partial charge in [-0.3, -0.25) is 28.6 Å². The number of halogens is 4. The number of likely N-dealkylation sites (tertiary alicyclic amines) is 1. The molecule has 4 N–H and O–H groups in total. The number of methoxy groups -OCH3 is 2. The first-order valence-electron chi connectivity index (χ1n) is 48.4. The molecule has 0 radical (unpaired) electrons. The number of allylic oxidation sites excluding steroid dienone is 2. The van der Waals surface area contributed by atoms with Crippen LogP contribution in [0.1, 0.15) is 255 Å². The standard InChI is InChI=1S/C42H49N5O6S.C36H40N4O6S.C11H16N5O.C6H11NO.C5H11NO.BF4/c1-25(2)54(50,51)44-41(48)27-12-16-35-37(20-27)46-22-29(18-28-19-31(52-3)15-17-34(28)40(46)38(35)26-8-5-4-6-9-26)39-36(21-43-47(39)30-10-7-11-30)42(49)45-23-32-13-14-33(24-45)53-32;1-21(2)47(44,45)38-35(41)23-12-14-29-31(18-23)39-20-25(33-30(36(42)43)19-37-40(33)26-10-7-11-26)16-24-17-27(46-3)13-15-28(24)34(39)32(29)22-8-5-4-6-9-22;1-14(2)11(15(3)4)17-16-10-8-6-5-7-9(10)12-13-16;1-2-6-4-7-3-5(1)8-6;1-6-2-4-7-5-3-6;2-1(3,4)5/h12,15-21,25-26,30,32-33H,4-11,13-14,22-24H2,1-3H3,(H,44,48);12-19,21-22,26H,4-11,20H2,1-3H3,(H,38,41)(H,42,43);5-8H,1-4H3;5-7H,1-4H2;2-5H2,1H3;/q;;+1;;;-1. The van der Waals surface area contributed by atoms with Gasteiger partial charge < -0.3 is 70.3 Å². The minimum absolute atomic E-state index is 0.0161. The zero-order valence-electron chi connectivity index (χ0n) is 80.4. The van der Waals surface area contributed by atoms with E-state index in [1.165, 1.54) is 61.7 Å². The molecule has 10 aromatic rings. The lowest BCUT2D eigenvalue weighted by Crippen LogP contribution is -2.46. The lowest BCUT2D eigenvalue weighted by atomic mass is 9.81. The summed E-state index contributed by atoms with van der Waals surface area (Å²) in [6, 6.07) is 31.9. The molecule has 3 amide bonds. The Morgan fingerprint density at radius 1 is 0.565 bits per heavy atom. The average molecular weight is 1940 g/mol. The summed E-state index contributed by atoms with van der Waals surface area (Å²) >= 11 is 0. The van der Waals surface area contributed by atoms with Crippen molar-refractivity contribution in [2.24, 2.45) is 0 Å². The molecule has 5 aromatic carbocycles. The summed E-state index contributed by atoms with van der Waals surface area (Å²) in [7, 11) is -0.601. The van der Waals surface area contributed by atoms with Gasteiger partial charge >= 0.3 is 19.2 Å². The van der Waals surface area contributed by atoms with E-state index in [1.807, 2.05) is 108 Å². The van der Waals surface area contributed by atoms with Gasteiger partial charge in [-0.05, 0) is 260 Å². The van der Waals surface area contributed by atoms with Crippen LogP contribution >= 0.6 is 0 Å². The first-order chi connectivity index (χ1) is 66.1. The highest BCUT2D eigenvalue weighted by molar-refractivity contribution is 7.90. The van der Waals surface area contributed by atoms with Crippen LogP contribution in [0.3, 0.4) is 0 Å². The Morgan fingerprint density at radius 3 is 1.43 bits per heavy atom. The number of likely N-dealkylation sites (N-methyl/N-ethyl adjacent to an activating group) is 1. The van der Waals surface area contributed by atoms with Crippen LogP contribution in [0.25, 0.3) is 78.7 Å². The first-order valence-corrected chi connectivity index (χ1v) is 51.5. The fraction of sp³-hybridized carbons (Fsp3) is 0.510. The maximum absolute atomic E-state index is 14.6. The number of benzene rings is 5. The Hall–Kier alpha value is -11.3. The minimum Gasteiger partial charge on any atom is -0.497 e. The van der Waals surface area contributed by atoms with Crippen molar-refractivity contribution < 1.29 is 91.5 Å². The number of hydrogen-bond acceptors (Lipinski definition) is 20. The Bertz CT molecular complexity index is 6460. The normalized spacial score (nSPS) is 19.9. The van der Waals surface area contributed by atoms with Gasteiger partial charge in [-0.15, -0.1) is 5.10 Å². The lowest BCUT2D eigenvalue weighted by molar-refractivity contribution is -0.480. The highest BCUT2D eigenvalue weighted by Crippen LogP contribution is 2.52. The lowest BCUT2D eigenvalue weighted by Gasteiger charge is -2.32. The maximum atomic E-state index is 14.6. The van der Waals surface area contributed by atoms with E-state index in [9.17, 15) is 58.4 Å². The number of ether oxygens (including phenoxy) is 5. The van der Waals surface area contributed by atoms with Crippen molar-refractivity contribution in [1.29, 1.82) is 0 Å². The SMILES string of the molecule is C1CC2CNCC1O2.CN(C)C(On1nnc2ccccc21)=[N+](C)C.CN1CCOCC1.COc1ccc2c(c1)C=C(c1c(C(=O)N3CC4CCC(C3)O4)cnn1C1CCC1)Cn1c-2c(C2CCCCC2)c2ccc(C(=O)NS(=O)(=O)C(C)C)cc21.COc1ccc2c(c1)C=C(c1c(C(=O)O)cnn1C1CCC1)Cn1c-2c(C2CCCCC2)c2ccc(C(=O)NS(=O)(=O)C(C)C)cc21.F[B-](F)(F)F. The molecule has 0 spiro atoms. The van der Waals surface area contributed by atoms with Crippen molar-refractivity contribution in [3.63, 3.8) is 0 Å². The number of amides is 3. The molecule has 21 rings (SSSR count). The topological polar surface area (TPSA) is 337 Å². The second-order valence-corrected chi connectivity index (χ2v) is 43.1. The van der Waals surface area contributed by atoms with E-state index in [4.69, 9.17) is 33.6 Å². The van der Waals surface area contributed by atoms with Gasteiger partial charge in [-0.1, -0.05) is 67.6 Å². The Balaban J connectivity index is 0.000000146. The van der Waals surface area contributed by atoms with Gasteiger partial charge in [0.05, 0.1) is 156 Å². The van der Waals surface area contributed by atoms with Crippen LogP contribution in [0.15, 0.2) is 109 Å². The van der Waals surface area contributed by atoms with E-state index in [-0.39, 0.29) is 46.9 Å². The predicted molar refractivity (Wildman–Crippen MR) is 523 cm³/mol. The third-order valence-electron chi connectivity index (χ3n) is 28.1. The molecule has 12 heterocycles. The number of morpholine rings is 3. The van der Waals surface area contributed by atoms with Gasteiger partial charge in [0.2, 0.25) is 20.0 Å². The van der Waals surface area contributed by atoms with Gasteiger partial charge in [0.1, 0.15) is 28.1 Å². The third kappa shape index (κ3) is 22.3. The van der Waals surface area contributed by atoms with Crippen LogP contribution in [-0.2, 0) is 47.3 Å². The maximum Gasteiger partial charge on any atom is 0.673 e. The van der Waals surface area contributed by atoms with Crippen LogP contribution in [-0.4, -0.2) is 259 Å². The molecule has 4 aliphatic carbocycles. The predicted octanol–water partition coefficient (Wildman–Crippen LogP) is 15.8. The minimum atomic E-state index is -6.00. The third-order valence-corrected chi connectivity index (χ3v) is 31.5. The number of aromatic nitrogens is 9. The van der Waals surface area contributed by atoms with Gasteiger partial charge in [0.15, 0.2) is 0 Å². The van der Waals surface area contributed by atoms with Crippen LogP contribution in [0.4, 0.5) is 17.3 Å². The number of hydrogen-bond donors (Lipinski definition) is 4. The number of amidine groups is 1. The summed E-state index contributed by atoms with van der Waals surface area (Å²) in [5, 5.41) is 31.7. The van der Waals surface area contributed by atoms with Crippen molar-refractivity contribution >= 4 is 113 Å². The van der Waals surface area contributed by atoms with Crippen molar-refractivity contribution in [3.8, 4) is 34.0 Å². The van der Waals surface area contributed by atoms with Gasteiger partial charge in [0, 0.05) is 83.3 Å². The zero-order chi connectivity index (χ0) is 97.8. The van der Waals surface area contributed by atoms with E-state index in [1.54, 1.807) is 52.5 Å². The summed E-state index contributed by atoms with van der Waals surface area (Å²) in [6.07, 6.45) is 30.5. The van der Waals surface area contributed by atoms with Crippen LogP contribution in [0.5, 0.6) is 11.5 Å². The molecule has 4 unspecified atom stereocenters. The Labute approximate surface area is 802 Å². The number of carboxylic acid groups (broad SMARTS) is 1. The number of nitrogens with zero attached hydrogens (tertiary/aromatic N) is 13. The summed E-state index contributed by atoms with van der Waals surface area (Å²) < 4.78 is 133. The number of sulfonamides is 2. The molecule has 31 nitrogen and oxygen atoms in total. The molecule has 5 aromatic heterocycles. The van der Waals surface area contributed by atoms with Crippen molar-refractivity contribution in [2.75, 3.05) is 102 Å². The van der Waals surface area contributed by atoms with Crippen LogP contribution in [0.2, 0.25) is 0 Å². The van der Waals surface area contributed by atoms with E-state index >= 15 is 0 Å². The van der Waals surface area contributed by atoms with E-state index < -0.39 is 55.6 Å². The monoisotopic (exact) mass is 1940 g/mol. The average Bonchev–Trinajstić information content (AvgIpc) is 1.58. The van der Waals surface area contributed by atoms with E-state index in [0.29, 0.717) is 73.3 Å². The fourth-order valence-corrected chi connectivity index (χ4v) is 21.6. The largest absolute Gasteiger partial charge is 0.673 e. The summed E-state index contributed by atoms with van der Waals surface area (Å²) in [6.45, 7) is 14.3. The molecule has 138 heavy (non-hydrogen) atoms. The number of fused-ring (bicyclic) bond motifs is 15. The molecule has 5 saturated heterocycles. The molecule has 7 aliphatic heterocycles. The summed E-state index contributed by atoms with van der Waals surface area (Å²) in [4.78, 5) is 67.3. The van der Waals surface area contributed by atoms with Crippen LogP contribution in [0, 0.1) is 0 Å². The number of nitrogens with one attached hydrogen (secondary N) is 3. The second-order valence-electron chi connectivity index (χ2n) is 38.6. The number of para-hydroxylation sites is 1. The number of carbonyl (C=O) groups excluding carboxylic acids is 3. The number of rotatable bonds is 17. The second kappa shape index (κ2) is 42.8. The van der Waals surface area contributed by atoms with Gasteiger partial charge in [-0.25, -0.2) is 40.5 Å². The van der Waals surface area contributed by atoms with Crippen molar-refractivity contribution in [1.82, 2.24) is 73.3 Å². The van der Waals surface area contributed by atoms with E-state index in [2.05, 4.69) is 86.3 Å². The Kier molecular flexibility index (Phi) is 30.9. The molecule has 4 saturated carbocycles. The number of aromatic carboxylic acids is 1. The fourth-order valence-electron chi connectivity index (χ4n) is 20.4. The highest BCUT2D eigenvalue weighted by atomic mass is 32.2. The molecule has 11 aliphatic rings. The van der Waals surface area contributed by atoms with Crippen molar-refractivity contribution in [2.45, 2.75) is 228 Å². The molecule has 38 heteroatoms. The van der Waals surface area contributed by atoms with Crippen molar-refractivity contribution in [3.05, 3.63) is 165 Å². The van der Waals surface area contributed by atoms with Gasteiger partial charge in [0.25, 0.3) is 17.7 Å².